The number of rotatable bonds is 4. The first-order valence-electron chi connectivity index (χ1n) is 12.9. The van der Waals surface area contributed by atoms with Crippen LogP contribution in [-0.2, 0) is 9.59 Å². The SMILES string of the molecule is O=C1NC(CCC(=O)N2CCB(C3CCCCC3)CC2)=NC2CCCCCCCC12. The molecule has 0 aromatic heterocycles. The Morgan fingerprint density at radius 3 is 2.33 bits per heavy atom. The molecule has 166 valence electrons. The summed E-state index contributed by atoms with van der Waals surface area (Å²) in [4.78, 5) is 32.4. The number of amidine groups is 1. The molecule has 5 nitrogen and oxygen atoms in total. The van der Waals surface area contributed by atoms with Crippen LogP contribution in [0.4, 0.5) is 0 Å². The first-order valence-corrected chi connectivity index (χ1v) is 12.9. The quantitative estimate of drug-likeness (QED) is 0.680. The van der Waals surface area contributed by atoms with Crippen LogP contribution in [0.25, 0.3) is 0 Å². The van der Waals surface area contributed by atoms with Gasteiger partial charge < -0.3 is 10.2 Å². The molecule has 0 aromatic rings. The van der Waals surface area contributed by atoms with Crippen molar-refractivity contribution in [2.24, 2.45) is 10.9 Å². The van der Waals surface area contributed by atoms with Gasteiger partial charge in [0.1, 0.15) is 12.5 Å². The van der Waals surface area contributed by atoms with Gasteiger partial charge in [-0.3, -0.25) is 14.6 Å². The highest BCUT2D eigenvalue weighted by Crippen LogP contribution is 2.35. The molecule has 1 N–H and O–H groups in total. The van der Waals surface area contributed by atoms with Crippen molar-refractivity contribution in [1.82, 2.24) is 10.2 Å². The number of nitrogens with one attached hydrogen (secondary N) is 1. The minimum atomic E-state index is 0.0429. The number of fused-ring (bicyclic) bond motifs is 1. The summed E-state index contributed by atoms with van der Waals surface area (Å²) in [7, 11) is 0. The molecule has 2 heterocycles. The van der Waals surface area contributed by atoms with Crippen molar-refractivity contribution in [3.63, 3.8) is 0 Å². The Balaban J connectivity index is 1.25. The summed E-state index contributed by atoms with van der Waals surface area (Å²) >= 11 is 0. The fourth-order valence-corrected chi connectivity index (χ4v) is 6.31. The number of carbonyl (C=O) groups excluding carboxylic acids is 2. The van der Waals surface area contributed by atoms with Gasteiger partial charge in [0, 0.05) is 25.9 Å². The molecule has 4 rings (SSSR count). The first kappa shape index (κ1) is 21.9. The maximum absolute atomic E-state index is 12.8. The van der Waals surface area contributed by atoms with E-state index in [0.717, 1.165) is 50.7 Å². The molecular formula is C24H40BN3O2. The second kappa shape index (κ2) is 10.8. The predicted molar refractivity (Wildman–Crippen MR) is 123 cm³/mol. The van der Waals surface area contributed by atoms with Crippen LogP contribution in [0.15, 0.2) is 4.99 Å². The van der Waals surface area contributed by atoms with Gasteiger partial charge >= 0.3 is 0 Å². The van der Waals surface area contributed by atoms with Crippen molar-refractivity contribution < 1.29 is 9.59 Å². The lowest BCUT2D eigenvalue weighted by Gasteiger charge is -2.36. The maximum Gasteiger partial charge on any atom is 0.230 e. The van der Waals surface area contributed by atoms with Crippen molar-refractivity contribution in [1.29, 1.82) is 0 Å². The average Bonchev–Trinajstić information content (AvgIpc) is 2.90. The normalized spacial score (nSPS) is 29.2. The number of carbonyl (C=O) groups is 2. The molecule has 4 aliphatic rings. The molecule has 2 unspecified atom stereocenters. The van der Waals surface area contributed by atoms with E-state index in [4.69, 9.17) is 4.99 Å². The van der Waals surface area contributed by atoms with E-state index in [0.29, 0.717) is 12.8 Å². The molecule has 1 saturated heterocycles. The Morgan fingerprint density at radius 1 is 0.933 bits per heavy atom. The largest absolute Gasteiger partial charge is 0.344 e. The monoisotopic (exact) mass is 413 g/mol. The number of amides is 2. The molecule has 0 aromatic carbocycles. The summed E-state index contributed by atoms with van der Waals surface area (Å²) < 4.78 is 0. The fraction of sp³-hybridized carbons (Fsp3) is 0.875. The van der Waals surface area contributed by atoms with Gasteiger partial charge in [-0.1, -0.05) is 82.7 Å². The van der Waals surface area contributed by atoms with E-state index < -0.39 is 0 Å². The molecule has 0 radical (unpaired) electrons. The molecule has 0 spiro atoms. The number of aliphatic imine (C=N–C) groups is 1. The molecule has 2 atom stereocenters. The average molecular weight is 413 g/mol. The summed E-state index contributed by atoms with van der Waals surface area (Å²) in [5.41, 5.74) is 0. The topological polar surface area (TPSA) is 61.8 Å². The molecule has 3 fully saturated rings. The summed E-state index contributed by atoms with van der Waals surface area (Å²) in [6, 6.07) is 0.133. The van der Waals surface area contributed by atoms with Gasteiger partial charge in [-0.15, -0.1) is 0 Å². The number of hydrogen-bond donors (Lipinski definition) is 1. The first-order chi connectivity index (χ1) is 14.7. The van der Waals surface area contributed by atoms with Gasteiger partial charge in [-0.2, -0.15) is 0 Å². The summed E-state index contributed by atoms with van der Waals surface area (Å²) in [6.45, 7) is 2.67. The Labute approximate surface area is 182 Å². The molecule has 2 aliphatic heterocycles. The third-order valence-corrected chi connectivity index (χ3v) is 8.19. The Kier molecular flexibility index (Phi) is 7.89. The van der Waals surface area contributed by atoms with E-state index in [9.17, 15) is 9.59 Å². The van der Waals surface area contributed by atoms with E-state index in [1.54, 1.807) is 0 Å². The van der Waals surface area contributed by atoms with Crippen LogP contribution in [0.5, 0.6) is 0 Å². The van der Waals surface area contributed by atoms with Crippen LogP contribution >= 0.6 is 0 Å². The lowest BCUT2D eigenvalue weighted by molar-refractivity contribution is -0.131. The van der Waals surface area contributed by atoms with Crippen molar-refractivity contribution in [2.45, 2.75) is 114 Å². The van der Waals surface area contributed by atoms with Crippen LogP contribution in [-0.4, -0.2) is 48.4 Å². The molecule has 2 saturated carbocycles. The Hall–Kier alpha value is -1.33. The molecule has 30 heavy (non-hydrogen) atoms. The summed E-state index contributed by atoms with van der Waals surface area (Å²) in [5.74, 6) is 2.09. The van der Waals surface area contributed by atoms with Gasteiger partial charge in [-0.05, 0) is 12.8 Å². The van der Waals surface area contributed by atoms with Crippen molar-refractivity contribution in [3.05, 3.63) is 0 Å². The van der Waals surface area contributed by atoms with E-state index in [1.807, 2.05) is 0 Å². The van der Waals surface area contributed by atoms with Gasteiger partial charge in [0.05, 0.1) is 12.0 Å². The zero-order valence-corrected chi connectivity index (χ0v) is 18.7. The highest BCUT2D eigenvalue weighted by molar-refractivity contribution is 6.60. The Morgan fingerprint density at radius 2 is 1.57 bits per heavy atom. The standard InChI is InChI=1S/C24H40BN3O2/c29-23(28-17-15-25(16-18-28)19-9-5-4-6-10-19)14-13-22-26-21-12-8-3-1-2-7-11-20(21)24(30)27-22/h19-21H,1-18H2,(H,26,27,30). The fourth-order valence-electron chi connectivity index (χ4n) is 6.31. The maximum atomic E-state index is 12.8. The molecule has 0 bridgehead atoms. The van der Waals surface area contributed by atoms with Crippen molar-refractivity contribution in [2.75, 3.05) is 13.1 Å². The van der Waals surface area contributed by atoms with Crippen LogP contribution in [0.3, 0.4) is 0 Å². The third-order valence-electron chi connectivity index (χ3n) is 8.19. The van der Waals surface area contributed by atoms with E-state index in [-0.39, 0.29) is 23.8 Å². The molecule has 2 amide bonds. The van der Waals surface area contributed by atoms with Crippen LogP contribution < -0.4 is 5.32 Å². The second-order valence-electron chi connectivity index (χ2n) is 10.2. The van der Waals surface area contributed by atoms with Crippen LogP contribution in [0, 0.1) is 5.92 Å². The highest BCUT2D eigenvalue weighted by Gasteiger charge is 2.34. The van der Waals surface area contributed by atoms with Gasteiger partial charge in [-0.25, -0.2) is 0 Å². The lowest BCUT2D eigenvalue weighted by atomic mass is 9.34. The van der Waals surface area contributed by atoms with Crippen molar-refractivity contribution >= 4 is 24.4 Å². The van der Waals surface area contributed by atoms with Crippen LogP contribution in [0.1, 0.15) is 89.9 Å². The minimum Gasteiger partial charge on any atom is -0.344 e. The van der Waals surface area contributed by atoms with Crippen molar-refractivity contribution in [3.8, 4) is 0 Å². The predicted octanol–water partition coefficient (Wildman–Crippen LogP) is 4.70. The van der Waals surface area contributed by atoms with E-state index >= 15 is 0 Å². The minimum absolute atomic E-state index is 0.0429. The lowest BCUT2D eigenvalue weighted by Crippen LogP contribution is -2.46. The second-order valence-corrected chi connectivity index (χ2v) is 10.2. The number of nitrogens with zero attached hydrogens (tertiary/aromatic N) is 2. The highest BCUT2D eigenvalue weighted by atomic mass is 16.2. The molecule has 6 heteroatoms. The van der Waals surface area contributed by atoms with Gasteiger partial charge in [0.15, 0.2) is 0 Å². The third kappa shape index (κ3) is 5.67. The Bertz CT molecular complexity index is 624. The van der Waals surface area contributed by atoms with Crippen LogP contribution in [0.2, 0.25) is 18.5 Å². The molecular weight excluding hydrogens is 373 g/mol. The van der Waals surface area contributed by atoms with Gasteiger partial charge in [0.2, 0.25) is 11.8 Å². The zero-order valence-electron chi connectivity index (χ0n) is 18.7. The smallest absolute Gasteiger partial charge is 0.230 e. The molecule has 2 aliphatic carbocycles. The summed E-state index contributed by atoms with van der Waals surface area (Å²) in [6.07, 6.45) is 18.5. The summed E-state index contributed by atoms with van der Waals surface area (Å²) in [5, 5.41) is 3.03. The van der Waals surface area contributed by atoms with E-state index in [2.05, 4.69) is 10.2 Å². The van der Waals surface area contributed by atoms with Gasteiger partial charge in [0.25, 0.3) is 0 Å². The van der Waals surface area contributed by atoms with E-state index in [1.165, 1.54) is 70.4 Å². The number of hydrogen-bond acceptors (Lipinski definition) is 3. The zero-order chi connectivity index (χ0) is 20.8.